The molecule has 7 heteroatoms. The summed E-state index contributed by atoms with van der Waals surface area (Å²) in [5.41, 5.74) is -1.06. The van der Waals surface area contributed by atoms with Gasteiger partial charge in [0, 0.05) is 12.8 Å². The molecule has 0 heterocycles. The molecule has 0 spiro atoms. The van der Waals surface area contributed by atoms with Crippen molar-refractivity contribution in [1.82, 2.24) is 4.90 Å². The molecule has 328 valence electrons. The molecule has 0 rings (SSSR count). The van der Waals surface area contributed by atoms with Crippen molar-refractivity contribution in [3.63, 3.8) is 0 Å². The van der Waals surface area contributed by atoms with Gasteiger partial charge in [0.25, 0.3) is 0 Å². The third-order valence-electron chi connectivity index (χ3n) is 11.2. The maximum Gasteiger partial charge on any atom is 0.312 e. The summed E-state index contributed by atoms with van der Waals surface area (Å²) >= 11 is 0. The van der Waals surface area contributed by atoms with Crippen LogP contribution in [-0.2, 0) is 28.6 Å². The Kier molecular flexibility index (Phi) is 33.6. The van der Waals surface area contributed by atoms with E-state index in [0.717, 1.165) is 103 Å². The Morgan fingerprint density at radius 3 is 1.57 bits per heavy atom. The van der Waals surface area contributed by atoms with Crippen LogP contribution in [0.15, 0.2) is 0 Å². The highest BCUT2D eigenvalue weighted by Gasteiger charge is 2.30. The van der Waals surface area contributed by atoms with Crippen LogP contribution in [0.2, 0.25) is 0 Å². The number of ether oxygens (including phenoxy) is 3. The fraction of sp³-hybridized carbons (Fsp3) is 0.898. The number of nitrogens with zero attached hydrogens (tertiary/aromatic N) is 1. The van der Waals surface area contributed by atoms with Crippen LogP contribution in [-0.4, -0.2) is 62.8 Å². The number of carbonyl (C=O) groups is 3. The molecule has 0 aromatic heterocycles. The summed E-state index contributed by atoms with van der Waals surface area (Å²) in [5.74, 6) is 6.25. The Balaban J connectivity index is 4.79. The molecular formula is C49H91NO6. The lowest BCUT2D eigenvalue weighted by atomic mass is 9.86. The SMILES string of the molecule is CCCCCCCC#CCOC(=O)C(C)(C)CCCCCC(CCCCCC(C)(C)C(=O)OCC(CCCCC)CCCCCCC)OC(=O)CCCN(C)C. The largest absolute Gasteiger partial charge is 0.465 e. The smallest absolute Gasteiger partial charge is 0.312 e. The molecule has 0 amide bonds. The standard InChI is InChI=1S/C49H91NO6/c1-10-13-16-18-19-20-22-31-41-54-46(52)48(4,5)38-29-23-27-35-44(56-45(51)37-32-40-50(8)9)36-28-24-30-39-49(6,7)47(53)55-42-43(33-25-15-12-3)34-26-21-17-14-11-2/h43-44H,10-21,23-30,32-42H2,1-9H3. The van der Waals surface area contributed by atoms with E-state index >= 15 is 0 Å². The first-order valence-electron chi connectivity index (χ1n) is 23.4. The highest BCUT2D eigenvalue weighted by molar-refractivity contribution is 5.76. The number of hydrogen-bond acceptors (Lipinski definition) is 7. The van der Waals surface area contributed by atoms with Gasteiger partial charge in [0.2, 0.25) is 0 Å². The van der Waals surface area contributed by atoms with E-state index in [1.165, 1.54) is 77.0 Å². The minimum atomic E-state index is -0.551. The number of esters is 3. The average molecular weight is 790 g/mol. The molecule has 0 saturated heterocycles. The van der Waals surface area contributed by atoms with Crippen molar-refractivity contribution in [2.75, 3.05) is 33.9 Å². The highest BCUT2D eigenvalue weighted by Crippen LogP contribution is 2.29. The van der Waals surface area contributed by atoms with Gasteiger partial charge in [0.15, 0.2) is 6.61 Å². The predicted molar refractivity (Wildman–Crippen MR) is 235 cm³/mol. The van der Waals surface area contributed by atoms with Crippen molar-refractivity contribution >= 4 is 17.9 Å². The summed E-state index contributed by atoms with van der Waals surface area (Å²) in [6, 6.07) is 0. The van der Waals surface area contributed by atoms with Gasteiger partial charge in [-0.2, -0.15) is 0 Å². The highest BCUT2D eigenvalue weighted by atomic mass is 16.5. The van der Waals surface area contributed by atoms with E-state index in [0.29, 0.717) is 18.9 Å². The molecule has 0 aliphatic carbocycles. The Labute approximate surface area is 347 Å². The second-order valence-electron chi connectivity index (χ2n) is 18.2. The summed E-state index contributed by atoms with van der Waals surface area (Å²) in [7, 11) is 4.03. The second-order valence-corrected chi connectivity index (χ2v) is 18.2. The van der Waals surface area contributed by atoms with Crippen LogP contribution in [0, 0.1) is 28.6 Å². The van der Waals surface area contributed by atoms with Gasteiger partial charge in [-0.25, -0.2) is 0 Å². The zero-order chi connectivity index (χ0) is 41.9. The van der Waals surface area contributed by atoms with Crippen LogP contribution in [0.4, 0.5) is 0 Å². The number of rotatable bonds is 37. The van der Waals surface area contributed by atoms with Crippen LogP contribution in [0.25, 0.3) is 0 Å². The molecule has 2 atom stereocenters. The minimum absolute atomic E-state index is 0.0675. The van der Waals surface area contributed by atoms with E-state index < -0.39 is 10.8 Å². The Morgan fingerprint density at radius 2 is 1.02 bits per heavy atom. The normalized spacial score (nSPS) is 12.9. The van der Waals surface area contributed by atoms with Crippen molar-refractivity contribution in [3.05, 3.63) is 0 Å². The van der Waals surface area contributed by atoms with E-state index in [-0.39, 0.29) is 30.6 Å². The molecule has 2 unspecified atom stereocenters. The van der Waals surface area contributed by atoms with E-state index in [9.17, 15) is 14.4 Å². The van der Waals surface area contributed by atoms with Gasteiger partial charge >= 0.3 is 17.9 Å². The molecule has 56 heavy (non-hydrogen) atoms. The first-order valence-corrected chi connectivity index (χ1v) is 23.4. The lowest BCUT2D eigenvalue weighted by Crippen LogP contribution is -2.28. The molecule has 0 aromatic rings. The Bertz CT molecular complexity index is 1040. The van der Waals surface area contributed by atoms with E-state index in [4.69, 9.17) is 14.2 Å². The van der Waals surface area contributed by atoms with Gasteiger partial charge in [-0.15, -0.1) is 0 Å². The Morgan fingerprint density at radius 1 is 0.554 bits per heavy atom. The van der Waals surface area contributed by atoms with Crippen LogP contribution in [0.1, 0.15) is 228 Å². The molecule has 0 bridgehead atoms. The van der Waals surface area contributed by atoms with E-state index in [1.54, 1.807) is 0 Å². The summed E-state index contributed by atoms with van der Waals surface area (Å²) < 4.78 is 17.5. The monoisotopic (exact) mass is 790 g/mol. The molecule has 0 radical (unpaired) electrons. The maximum atomic E-state index is 13.2. The van der Waals surface area contributed by atoms with Crippen molar-refractivity contribution in [2.45, 2.75) is 234 Å². The van der Waals surface area contributed by atoms with Crippen molar-refractivity contribution in [1.29, 1.82) is 0 Å². The average Bonchev–Trinajstić information content (AvgIpc) is 3.15. The minimum Gasteiger partial charge on any atom is -0.465 e. The van der Waals surface area contributed by atoms with Gasteiger partial charge in [0.1, 0.15) is 6.10 Å². The van der Waals surface area contributed by atoms with Crippen LogP contribution >= 0.6 is 0 Å². The lowest BCUT2D eigenvalue weighted by Gasteiger charge is -2.25. The lowest BCUT2D eigenvalue weighted by molar-refractivity contribution is -0.156. The first kappa shape index (κ1) is 53.9. The summed E-state index contributed by atoms with van der Waals surface area (Å²) in [6.07, 6.45) is 29.4. The maximum absolute atomic E-state index is 13.2. The van der Waals surface area contributed by atoms with E-state index in [2.05, 4.69) is 37.5 Å². The number of unbranched alkanes of at least 4 members (excludes halogenated alkanes) is 15. The molecule has 0 N–H and O–H groups in total. The zero-order valence-electron chi connectivity index (χ0n) is 38.5. The number of carbonyl (C=O) groups excluding carboxylic acids is 3. The fourth-order valence-corrected chi connectivity index (χ4v) is 7.16. The van der Waals surface area contributed by atoms with Crippen LogP contribution in [0.3, 0.4) is 0 Å². The van der Waals surface area contributed by atoms with Crippen molar-refractivity contribution < 1.29 is 28.6 Å². The van der Waals surface area contributed by atoms with Crippen LogP contribution in [0.5, 0.6) is 0 Å². The Hall–Kier alpha value is -2.07. The van der Waals surface area contributed by atoms with Gasteiger partial charge < -0.3 is 19.1 Å². The van der Waals surface area contributed by atoms with Gasteiger partial charge in [-0.3, -0.25) is 14.4 Å². The first-order chi connectivity index (χ1) is 26.8. The molecular weight excluding hydrogens is 699 g/mol. The second kappa shape index (κ2) is 34.9. The summed E-state index contributed by atoms with van der Waals surface area (Å²) in [6.45, 7) is 16.3. The molecule has 0 aliphatic rings. The number of hydrogen-bond donors (Lipinski definition) is 0. The fourth-order valence-electron chi connectivity index (χ4n) is 7.16. The van der Waals surface area contributed by atoms with Crippen molar-refractivity contribution in [2.24, 2.45) is 16.7 Å². The zero-order valence-corrected chi connectivity index (χ0v) is 38.5. The quantitative estimate of drug-likeness (QED) is 0.0268. The third kappa shape index (κ3) is 31.0. The van der Waals surface area contributed by atoms with Gasteiger partial charge in [-0.1, -0.05) is 135 Å². The molecule has 0 saturated carbocycles. The molecule has 0 fully saturated rings. The molecule has 0 aromatic carbocycles. The topological polar surface area (TPSA) is 82.1 Å². The van der Waals surface area contributed by atoms with Crippen molar-refractivity contribution in [3.8, 4) is 11.8 Å². The third-order valence-corrected chi connectivity index (χ3v) is 11.2. The molecule has 0 aliphatic heterocycles. The summed E-state index contributed by atoms with van der Waals surface area (Å²) in [5, 5.41) is 0. The predicted octanol–water partition coefficient (Wildman–Crippen LogP) is 13.2. The van der Waals surface area contributed by atoms with E-state index in [1.807, 2.05) is 41.8 Å². The summed E-state index contributed by atoms with van der Waals surface area (Å²) in [4.78, 5) is 40.8. The van der Waals surface area contributed by atoms with Crippen LogP contribution < -0.4 is 0 Å². The van der Waals surface area contributed by atoms with Gasteiger partial charge in [-0.05, 0) is 118 Å². The molecule has 7 nitrogen and oxygen atoms in total. The van der Waals surface area contributed by atoms with Gasteiger partial charge in [0.05, 0.1) is 17.4 Å².